The molecule has 0 bridgehead atoms. The zero-order valence-electron chi connectivity index (χ0n) is 17.7. The van der Waals surface area contributed by atoms with Gasteiger partial charge in [0.05, 0.1) is 6.61 Å². The monoisotopic (exact) mass is 442 g/mol. The van der Waals surface area contributed by atoms with Gasteiger partial charge in [-0.25, -0.2) is 15.1 Å². The third-order valence-corrected chi connectivity index (χ3v) is 5.10. The quantitative estimate of drug-likeness (QED) is 0.361. The number of carbonyl (C=O) groups is 3. The molecule has 0 spiro atoms. The number of carbonyl (C=O) groups excluding carboxylic acids is 2. The number of hydrogen-bond donors (Lipinski definition) is 3. The minimum Gasteiger partial charge on any atom is -0.479 e. The number of methoxy groups -OCH3 is 1. The maximum atomic E-state index is 12.1. The predicted molar refractivity (Wildman–Crippen MR) is 115 cm³/mol. The van der Waals surface area contributed by atoms with Gasteiger partial charge in [-0.3, -0.25) is 9.63 Å². The van der Waals surface area contributed by atoms with E-state index in [1.807, 2.05) is 36.4 Å². The first-order valence-electron chi connectivity index (χ1n) is 10.3. The molecule has 9 nitrogen and oxygen atoms in total. The predicted octanol–water partition coefficient (Wildman–Crippen LogP) is 2.45. The lowest BCUT2D eigenvalue weighted by Crippen LogP contribution is -2.37. The van der Waals surface area contributed by atoms with Crippen molar-refractivity contribution in [3.63, 3.8) is 0 Å². The summed E-state index contributed by atoms with van der Waals surface area (Å²) < 4.78 is 10.1. The summed E-state index contributed by atoms with van der Waals surface area (Å²) in [4.78, 5) is 39.5. The third kappa shape index (κ3) is 5.83. The van der Waals surface area contributed by atoms with Crippen molar-refractivity contribution in [2.75, 3.05) is 26.9 Å². The summed E-state index contributed by atoms with van der Waals surface area (Å²) in [6.45, 7) is 0.244. The van der Waals surface area contributed by atoms with Crippen LogP contribution < -0.4 is 10.8 Å². The van der Waals surface area contributed by atoms with Crippen LogP contribution >= 0.6 is 0 Å². The Morgan fingerprint density at radius 2 is 1.66 bits per heavy atom. The van der Waals surface area contributed by atoms with Gasteiger partial charge in [-0.1, -0.05) is 48.5 Å². The molecule has 0 fully saturated rings. The highest BCUT2D eigenvalue weighted by molar-refractivity contribution is 5.79. The van der Waals surface area contributed by atoms with E-state index in [-0.39, 0.29) is 32.1 Å². The zero-order valence-corrected chi connectivity index (χ0v) is 17.7. The second kappa shape index (κ2) is 11.3. The average molecular weight is 442 g/mol. The Balaban J connectivity index is 1.38. The lowest BCUT2D eigenvalue weighted by Gasteiger charge is -2.15. The third-order valence-electron chi connectivity index (χ3n) is 5.10. The van der Waals surface area contributed by atoms with Crippen molar-refractivity contribution in [3.05, 3.63) is 59.7 Å². The van der Waals surface area contributed by atoms with Gasteiger partial charge in [0, 0.05) is 26.0 Å². The molecular formula is C23H26N2O7. The molecule has 32 heavy (non-hydrogen) atoms. The van der Waals surface area contributed by atoms with Crippen LogP contribution in [-0.2, 0) is 23.9 Å². The van der Waals surface area contributed by atoms with Crippen LogP contribution in [0.25, 0.3) is 11.1 Å². The molecule has 0 aliphatic heterocycles. The first-order chi connectivity index (χ1) is 15.5. The summed E-state index contributed by atoms with van der Waals surface area (Å²) in [6.07, 6.45) is -1.47. The van der Waals surface area contributed by atoms with Crippen molar-refractivity contribution in [2.24, 2.45) is 0 Å². The molecule has 9 heteroatoms. The number of carboxylic acid groups (broad SMARTS) is 1. The standard InChI is InChI=1S/C23H26N2O7/c1-30-14-20(22(27)28)32-25-21(26)11-6-12-24-23(29)31-13-19-17-9-4-2-7-15(17)16-8-3-5-10-18(16)19/h2-5,7-10,19-20H,6,11-14H2,1H3,(H,24,29)(H,25,26)(H,27,28). The summed E-state index contributed by atoms with van der Waals surface area (Å²) >= 11 is 0. The van der Waals surface area contributed by atoms with Gasteiger partial charge in [0.1, 0.15) is 6.61 Å². The fourth-order valence-corrected chi connectivity index (χ4v) is 3.58. The van der Waals surface area contributed by atoms with Crippen molar-refractivity contribution in [2.45, 2.75) is 24.9 Å². The summed E-state index contributed by atoms with van der Waals surface area (Å²) in [5.74, 6) is -1.77. The number of hydrogen-bond acceptors (Lipinski definition) is 6. The van der Waals surface area contributed by atoms with Gasteiger partial charge in [-0.2, -0.15) is 0 Å². The van der Waals surface area contributed by atoms with E-state index in [1.54, 1.807) is 0 Å². The van der Waals surface area contributed by atoms with E-state index in [1.165, 1.54) is 7.11 Å². The Bertz CT molecular complexity index is 917. The number of nitrogens with one attached hydrogen (secondary N) is 2. The molecule has 0 saturated carbocycles. The van der Waals surface area contributed by atoms with Crippen LogP contribution in [-0.4, -0.2) is 56.0 Å². The summed E-state index contributed by atoms with van der Waals surface area (Å²) in [6, 6.07) is 16.2. The minimum absolute atomic E-state index is 0.0228. The first-order valence-corrected chi connectivity index (χ1v) is 10.3. The molecule has 2 aromatic carbocycles. The molecule has 2 aromatic rings. The molecule has 3 rings (SSSR count). The Morgan fingerprint density at radius 3 is 2.25 bits per heavy atom. The highest BCUT2D eigenvalue weighted by Gasteiger charge is 2.29. The van der Waals surface area contributed by atoms with E-state index in [4.69, 9.17) is 19.4 Å². The Kier molecular flexibility index (Phi) is 8.18. The number of ether oxygens (including phenoxy) is 2. The van der Waals surface area contributed by atoms with Crippen LogP contribution in [0.5, 0.6) is 0 Å². The summed E-state index contributed by atoms with van der Waals surface area (Å²) in [5.41, 5.74) is 6.64. The molecule has 0 radical (unpaired) electrons. The molecule has 1 atom stereocenters. The molecule has 170 valence electrons. The molecular weight excluding hydrogens is 416 g/mol. The number of fused-ring (bicyclic) bond motifs is 3. The second-order valence-corrected chi connectivity index (χ2v) is 7.28. The molecule has 0 heterocycles. The highest BCUT2D eigenvalue weighted by atomic mass is 16.7. The smallest absolute Gasteiger partial charge is 0.407 e. The molecule has 0 saturated heterocycles. The summed E-state index contributed by atoms with van der Waals surface area (Å²) in [7, 11) is 1.33. The van der Waals surface area contributed by atoms with Crippen LogP contribution in [0.3, 0.4) is 0 Å². The largest absolute Gasteiger partial charge is 0.479 e. The van der Waals surface area contributed by atoms with Gasteiger partial charge in [0.2, 0.25) is 12.0 Å². The average Bonchev–Trinajstić information content (AvgIpc) is 3.11. The van der Waals surface area contributed by atoms with Gasteiger partial charge < -0.3 is 19.9 Å². The Hall–Kier alpha value is -3.43. The zero-order chi connectivity index (χ0) is 22.9. The SMILES string of the molecule is COCC(ONC(=O)CCCNC(=O)OCC1c2ccccc2-c2ccccc21)C(=O)O. The first kappa shape index (κ1) is 23.2. The maximum Gasteiger partial charge on any atom is 0.407 e. The van der Waals surface area contributed by atoms with E-state index in [9.17, 15) is 14.4 Å². The van der Waals surface area contributed by atoms with Gasteiger partial charge in [-0.05, 0) is 28.7 Å². The van der Waals surface area contributed by atoms with E-state index in [0.717, 1.165) is 22.3 Å². The van der Waals surface area contributed by atoms with Gasteiger partial charge in [0.15, 0.2) is 0 Å². The van der Waals surface area contributed by atoms with Gasteiger partial charge in [0.25, 0.3) is 0 Å². The van der Waals surface area contributed by atoms with Crippen LogP contribution in [0.15, 0.2) is 48.5 Å². The van der Waals surface area contributed by atoms with E-state index < -0.39 is 24.1 Å². The topological polar surface area (TPSA) is 123 Å². The Labute approximate surface area is 185 Å². The van der Waals surface area contributed by atoms with Crippen molar-refractivity contribution in [1.82, 2.24) is 10.8 Å². The fraction of sp³-hybridized carbons (Fsp3) is 0.348. The lowest BCUT2D eigenvalue weighted by molar-refractivity contribution is -0.164. The molecule has 3 N–H and O–H groups in total. The van der Waals surface area contributed by atoms with Crippen LogP contribution in [0, 0.1) is 0 Å². The van der Waals surface area contributed by atoms with E-state index >= 15 is 0 Å². The molecule has 0 aromatic heterocycles. The van der Waals surface area contributed by atoms with Crippen molar-refractivity contribution in [1.29, 1.82) is 0 Å². The van der Waals surface area contributed by atoms with Crippen molar-refractivity contribution in [3.8, 4) is 11.1 Å². The maximum absolute atomic E-state index is 12.1. The van der Waals surface area contributed by atoms with Crippen LogP contribution in [0.4, 0.5) is 4.79 Å². The summed E-state index contributed by atoms with van der Waals surface area (Å²) in [5, 5.41) is 11.5. The van der Waals surface area contributed by atoms with Crippen LogP contribution in [0.2, 0.25) is 0 Å². The number of hydroxylamine groups is 1. The number of alkyl carbamates (subject to hydrolysis) is 1. The molecule has 1 unspecified atom stereocenters. The van der Waals surface area contributed by atoms with Crippen LogP contribution in [0.1, 0.15) is 29.9 Å². The fourth-order valence-electron chi connectivity index (χ4n) is 3.58. The second-order valence-electron chi connectivity index (χ2n) is 7.28. The number of rotatable bonds is 11. The van der Waals surface area contributed by atoms with Crippen molar-refractivity contribution < 1.29 is 33.8 Å². The van der Waals surface area contributed by atoms with Gasteiger partial charge >= 0.3 is 12.1 Å². The minimum atomic E-state index is -1.29. The molecule has 1 aliphatic rings. The van der Waals surface area contributed by atoms with Gasteiger partial charge in [-0.15, -0.1) is 0 Å². The number of carboxylic acids is 1. The van der Waals surface area contributed by atoms with E-state index in [2.05, 4.69) is 22.9 Å². The van der Waals surface area contributed by atoms with E-state index in [0.29, 0.717) is 6.42 Å². The molecule has 2 amide bonds. The van der Waals surface area contributed by atoms with Crippen molar-refractivity contribution >= 4 is 18.0 Å². The Morgan fingerprint density at radius 1 is 1.03 bits per heavy atom. The lowest BCUT2D eigenvalue weighted by atomic mass is 9.98. The highest BCUT2D eigenvalue weighted by Crippen LogP contribution is 2.44. The normalized spacial score (nSPS) is 13.0. The number of benzene rings is 2. The number of amides is 2. The number of aliphatic carboxylic acids is 1. The molecule has 1 aliphatic carbocycles.